The minimum atomic E-state index is -5.31. The lowest BCUT2D eigenvalue weighted by Gasteiger charge is -2.47. The van der Waals surface area contributed by atoms with Gasteiger partial charge >= 0.3 is 17.9 Å². The standard InChI is InChI=1S/C22H26F3NO5/c1-20(2)10-14(27)17-15(11-20)31-21(29,22(23,24)25)18(19(28)30-5)16(17)12-6-8-13(9-7-12)26(3)4/h6-9,16,18,29H,10-11H2,1-5H3/t16-,18-,21+/m1/s1. The van der Waals surface area contributed by atoms with Gasteiger partial charge in [0.2, 0.25) is 0 Å². The van der Waals surface area contributed by atoms with Crippen LogP contribution in [0, 0.1) is 11.3 Å². The second-order valence-electron chi connectivity index (χ2n) is 9.04. The molecule has 1 aliphatic heterocycles. The van der Waals surface area contributed by atoms with Gasteiger partial charge in [0.25, 0.3) is 0 Å². The summed E-state index contributed by atoms with van der Waals surface area (Å²) in [6.45, 7) is 3.47. The van der Waals surface area contributed by atoms with Crippen molar-refractivity contribution in [3.63, 3.8) is 0 Å². The third kappa shape index (κ3) is 3.91. The molecular weight excluding hydrogens is 415 g/mol. The minimum absolute atomic E-state index is 0.0127. The number of aliphatic hydroxyl groups is 1. The third-order valence-electron chi connectivity index (χ3n) is 5.85. The Morgan fingerprint density at radius 3 is 2.26 bits per heavy atom. The zero-order valence-electron chi connectivity index (χ0n) is 18.0. The van der Waals surface area contributed by atoms with Gasteiger partial charge in [-0.15, -0.1) is 0 Å². The maximum atomic E-state index is 14.1. The molecule has 170 valence electrons. The number of carbonyl (C=O) groups is 2. The Kier molecular flexibility index (Phi) is 5.63. The van der Waals surface area contributed by atoms with Crippen molar-refractivity contribution in [1.29, 1.82) is 0 Å². The number of halogens is 3. The smallest absolute Gasteiger partial charge is 0.456 e. The monoisotopic (exact) mass is 441 g/mol. The van der Waals surface area contributed by atoms with E-state index in [0.717, 1.165) is 12.8 Å². The molecule has 0 radical (unpaired) electrons. The van der Waals surface area contributed by atoms with Gasteiger partial charge in [0, 0.05) is 44.1 Å². The molecule has 0 amide bonds. The molecule has 1 aromatic rings. The van der Waals surface area contributed by atoms with E-state index in [1.807, 2.05) is 0 Å². The predicted molar refractivity (Wildman–Crippen MR) is 106 cm³/mol. The van der Waals surface area contributed by atoms with Crippen LogP contribution in [0.4, 0.5) is 18.9 Å². The number of carbonyl (C=O) groups excluding carboxylic acids is 2. The van der Waals surface area contributed by atoms with E-state index in [1.165, 1.54) is 0 Å². The van der Waals surface area contributed by atoms with Crippen molar-refractivity contribution in [2.24, 2.45) is 11.3 Å². The number of ketones is 1. The van der Waals surface area contributed by atoms with Crippen LogP contribution >= 0.6 is 0 Å². The third-order valence-corrected chi connectivity index (χ3v) is 5.85. The van der Waals surface area contributed by atoms with Gasteiger partial charge < -0.3 is 19.5 Å². The molecule has 9 heteroatoms. The van der Waals surface area contributed by atoms with Crippen molar-refractivity contribution in [2.75, 3.05) is 26.1 Å². The first kappa shape index (κ1) is 23.1. The van der Waals surface area contributed by atoms with Gasteiger partial charge in [-0.2, -0.15) is 13.2 Å². The molecule has 2 aliphatic rings. The van der Waals surface area contributed by atoms with Gasteiger partial charge in [0.15, 0.2) is 5.78 Å². The summed E-state index contributed by atoms with van der Waals surface area (Å²) in [5.41, 5.74) is 0.399. The van der Waals surface area contributed by atoms with E-state index < -0.39 is 41.0 Å². The topological polar surface area (TPSA) is 76.1 Å². The van der Waals surface area contributed by atoms with Crippen molar-refractivity contribution < 1.29 is 37.3 Å². The van der Waals surface area contributed by atoms with Gasteiger partial charge in [0.05, 0.1) is 7.11 Å². The Hall–Kier alpha value is -2.55. The summed E-state index contributed by atoms with van der Waals surface area (Å²) in [4.78, 5) is 27.5. The molecule has 0 bridgehead atoms. The zero-order valence-corrected chi connectivity index (χ0v) is 18.0. The number of methoxy groups -OCH3 is 1. The highest BCUT2D eigenvalue weighted by molar-refractivity contribution is 6.00. The largest absolute Gasteiger partial charge is 0.469 e. The first-order valence-corrected chi connectivity index (χ1v) is 9.81. The van der Waals surface area contributed by atoms with Crippen LogP contribution in [0.5, 0.6) is 0 Å². The number of nitrogens with zero attached hydrogens (tertiary/aromatic N) is 1. The summed E-state index contributed by atoms with van der Waals surface area (Å²) in [7, 11) is 4.54. The number of hydrogen-bond acceptors (Lipinski definition) is 6. The summed E-state index contributed by atoms with van der Waals surface area (Å²) in [5, 5.41) is 10.7. The van der Waals surface area contributed by atoms with Crippen LogP contribution in [0.3, 0.4) is 0 Å². The number of allylic oxidation sites excluding steroid dienone is 2. The molecule has 3 atom stereocenters. The lowest BCUT2D eigenvalue weighted by Crippen LogP contribution is -2.61. The van der Waals surface area contributed by atoms with Gasteiger partial charge in [-0.3, -0.25) is 9.59 Å². The van der Waals surface area contributed by atoms with Crippen molar-refractivity contribution in [3.8, 4) is 0 Å². The molecule has 31 heavy (non-hydrogen) atoms. The highest BCUT2D eigenvalue weighted by atomic mass is 19.4. The van der Waals surface area contributed by atoms with Gasteiger partial charge in [-0.05, 0) is 23.1 Å². The molecule has 0 spiro atoms. The second kappa shape index (κ2) is 7.55. The van der Waals surface area contributed by atoms with Crippen LogP contribution in [-0.4, -0.2) is 50.0 Å². The summed E-state index contributed by atoms with van der Waals surface area (Å²) in [6, 6.07) is 6.44. The predicted octanol–water partition coefficient (Wildman–Crippen LogP) is 3.55. The summed E-state index contributed by atoms with van der Waals surface area (Å²) < 4.78 is 52.0. The molecule has 3 rings (SSSR count). The molecule has 0 saturated carbocycles. The van der Waals surface area contributed by atoms with E-state index in [0.29, 0.717) is 0 Å². The van der Waals surface area contributed by atoms with Crippen molar-refractivity contribution in [3.05, 3.63) is 41.2 Å². The molecular formula is C22H26F3NO5. The lowest BCUT2D eigenvalue weighted by molar-refractivity contribution is -0.378. The van der Waals surface area contributed by atoms with Crippen LogP contribution in [0.25, 0.3) is 0 Å². The Labute approximate surface area is 178 Å². The Morgan fingerprint density at radius 1 is 1.19 bits per heavy atom. The van der Waals surface area contributed by atoms with Crippen LogP contribution in [0.15, 0.2) is 35.6 Å². The fourth-order valence-corrected chi connectivity index (χ4v) is 4.36. The van der Waals surface area contributed by atoms with Crippen LogP contribution < -0.4 is 4.90 Å². The summed E-state index contributed by atoms with van der Waals surface area (Å²) in [5.74, 6) is -9.37. The second-order valence-corrected chi connectivity index (χ2v) is 9.04. The minimum Gasteiger partial charge on any atom is -0.469 e. The SMILES string of the molecule is COC(=O)[C@H]1[C@H](c2ccc(N(C)C)cc2)C2=C(CC(C)(C)CC2=O)O[C@]1(O)C(F)(F)F. The fourth-order valence-electron chi connectivity index (χ4n) is 4.36. The number of ether oxygens (including phenoxy) is 2. The van der Waals surface area contributed by atoms with E-state index in [-0.39, 0.29) is 29.7 Å². The van der Waals surface area contributed by atoms with E-state index >= 15 is 0 Å². The average molecular weight is 441 g/mol. The first-order chi connectivity index (χ1) is 14.2. The van der Waals surface area contributed by atoms with E-state index in [4.69, 9.17) is 4.74 Å². The van der Waals surface area contributed by atoms with Gasteiger partial charge in [-0.1, -0.05) is 26.0 Å². The number of rotatable bonds is 3. The maximum Gasteiger partial charge on any atom is 0.456 e. The van der Waals surface area contributed by atoms with Gasteiger partial charge in [0.1, 0.15) is 11.7 Å². The number of esters is 1. The zero-order chi connectivity index (χ0) is 23.4. The van der Waals surface area contributed by atoms with E-state index in [2.05, 4.69) is 4.74 Å². The lowest BCUT2D eigenvalue weighted by atomic mass is 9.66. The Morgan fingerprint density at radius 2 is 1.77 bits per heavy atom. The average Bonchev–Trinajstić information content (AvgIpc) is 2.64. The van der Waals surface area contributed by atoms with E-state index in [1.54, 1.807) is 57.1 Å². The van der Waals surface area contributed by atoms with Crippen LogP contribution in [0.1, 0.15) is 38.2 Å². The molecule has 1 heterocycles. The molecule has 0 unspecified atom stereocenters. The highest BCUT2D eigenvalue weighted by Crippen LogP contribution is 2.56. The molecule has 0 aromatic heterocycles. The number of benzene rings is 1. The van der Waals surface area contributed by atoms with Crippen molar-refractivity contribution >= 4 is 17.4 Å². The number of hydrogen-bond donors (Lipinski definition) is 1. The van der Waals surface area contributed by atoms with E-state index in [9.17, 15) is 27.9 Å². The fraction of sp³-hybridized carbons (Fsp3) is 0.545. The molecule has 1 aliphatic carbocycles. The maximum absolute atomic E-state index is 14.1. The first-order valence-electron chi connectivity index (χ1n) is 9.81. The summed E-state index contributed by atoms with van der Waals surface area (Å²) >= 11 is 0. The Bertz CT molecular complexity index is 920. The highest BCUT2D eigenvalue weighted by Gasteiger charge is 2.70. The molecule has 1 aromatic carbocycles. The summed E-state index contributed by atoms with van der Waals surface area (Å²) in [6.07, 6.45) is -5.21. The van der Waals surface area contributed by atoms with Crippen molar-refractivity contribution in [1.82, 2.24) is 0 Å². The molecule has 0 fully saturated rings. The Balaban J connectivity index is 2.29. The van der Waals surface area contributed by atoms with Crippen LogP contribution in [0.2, 0.25) is 0 Å². The van der Waals surface area contributed by atoms with Gasteiger partial charge in [-0.25, -0.2) is 0 Å². The quantitative estimate of drug-likeness (QED) is 0.723. The normalized spacial score (nSPS) is 28.0. The number of anilines is 1. The van der Waals surface area contributed by atoms with Crippen molar-refractivity contribution in [2.45, 2.75) is 44.6 Å². The number of alkyl halides is 3. The molecule has 0 saturated heterocycles. The molecule has 1 N–H and O–H groups in total. The molecule has 6 nitrogen and oxygen atoms in total. The number of Topliss-reactive ketones (excluding diaryl/α,β-unsaturated/α-hetero) is 1. The van der Waals surface area contributed by atoms with Crippen LogP contribution in [-0.2, 0) is 19.1 Å².